The molecular formula is C20H19N3O. The number of hydrogen-bond acceptors (Lipinski definition) is 2. The van der Waals surface area contributed by atoms with E-state index in [1.54, 1.807) is 24.3 Å². The molecule has 1 aliphatic rings. The lowest BCUT2D eigenvalue weighted by Gasteiger charge is -2.35. The van der Waals surface area contributed by atoms with E-state index in [1.807, 2.05) is 35.2 Å². The van der Waals surface area contributed by atoms with E-state index in [0.29, 0.717) is 17.8 Å². The molecule has 0 spiro atoms. The summed E-state index contributed by atoms with van der Waals surface area (Å²) in [6, 6.07) is 19.6. The van der Waals surface area contributed by atoms with Gasteiger partial charge in [-0.05, 0) is 54.4 Å². The normalized spacial score (nSPS) is 16.7. The van der Waals surface area contributed by atoms with Gasteiger partial charge in [-0.25, -0.2) is 0 Å². The van der Waals surface area contributed by atoms with Crippen molar-refractivity contribution in [3.05, 3.63) is 84.2 Å². The quantitative estimate of drug-likeness (QED) is 0.735. The van der Waals surface area contributed by atoms with Crippen LogP contribution < -0.4 is 10.6 Å². The molecule has 0 saturated heterocycles. The smallest absolute Gasteiger partial charge is 0.258 e. The first-order valence-corrected chi connectivity index (χ1v) is 8.10. The van der Waals surface area contributed by atoms with Gasteiger partial charge < -0.3 is 15.2 Å². The Labute approximate surface area is 141 Å². The van der Waals surface area contributed by atoms with Gasteiger partial charge in [0.1, 0.15) is 0 Å². The number of rotatable bonds is 2. The number of carbonyl (C=O) groups excluding carboxylic acids is 1. The maximum atomic E-state index is 13.1. The highest BCUT2D eigenvalue weighted by molar-refractivity contribution is 6.07. The van der Waals surface area contributed by atoms with Gasteiger partial charge in [0, 0.05) is 35.9 Å². The number of nitrogen functional groups attached to an aromatic ring is 1. The number of fused-ring (bicyclic) bond motifs is 1. The molecule has 4 nitrogen and oxygen atoms in total. The first kappa shape index (κ1) is 14.6. The zero-order chi connectivity index (χ0) is 16.5. The summed E-state index contributed by atoms with van der Waals surface area (Å²) < 4.78 is 2.18. The lowest BCUT2D eigenvalue weighted by Crippen LogP contribution is -2.40. The fourth-order valence-electron chi connectivity index (χ4n) is 3.34. The van der Waals surface area contributed by atoms with E-state index in [2.05, 4.69) is 23.0 Å². The molecule has 3 aromatic rings. The van der Waals surface area contributed by atoms with Crippen LogP contribution in [0.1, 0.15) is 22.0 Å². The van der Waals surface area contributed by atoms with Crippen LogP contribution in [-0.4, -0.2) is 17.0 Å². The van der Waals surface area contributed by atoms with Crippen LogP contribution in [0, 0.1) is 0 Å². The van der Waals surface area contributed by atoms with Crippen LogP contribution in [0.2, 0.25) is 0 Å². The Kier molecular flexibility index (Phi) is 3.58. The molecule has 2 aromatic carbocycles. The van der Waals surface area contributed by atoms with Crippen LogP contribution in [0.5, 0.6) is 0 Å². The molecule has 0 aliphatic carbocycles. The van der Waals surface area contributed by atoms with Gasteiger partial charge in [-0.15, -0.1) is 0 Å². The van der Waals surface area contributed by atoms with Crippen molar-refractivity contribution in [2.45, 2.75) is 12.5 Å². The third-order valence-corrected chi connectivity index (χ3v) is 4.58. The first-order chi connectivity index (χ1) is 11.7. The fraction of sp³-hybridized carbons (Fsp3) is 0.150. The van der Waals surface area contributed by atoms with E-state index in [9.17, 15) is 4.79 Å². The van der Waals surface area contributed by atoms with Crippen LogP contribution in [0.3, 0.4) is 0 Å². The number of hydrogen-bond donors (Lipinski definition) is 1. The Morgan fingerprint density at radius 2 is 1.67 bits per heavy atom. The summed E-state index contributed by atoms with van der Waals surface area (Å²) in [6.07, 6.45) is 5.05. The molecule has 1 atom stereocenters. The lowest BCUT2D eigenvalue weighted by molar-refractivity contribution is 0.0980. The predicted octanol–water partition coefficient (Wildman–Crippen LogP) is 3.51. The number of aromatic nitrogens is 1. The van der Waals surface area contributed by atoms with E-state index >= 15 is 0 Å². The van der Waals surface area contributed by atoms with Crippen molar-refractivity contribution < 1.29 is 4.79 Å². The molecular weight excluding hydrogens is 298 g/mol. The molecule has 0 fully saturated rings. The van der Waals surface area contributed by atoms with E-state index in [1.165, 1.54) is 5.56 Å². The van der Waals surface area contributed by atoms with Crippen molar-refractivity contribution >= 4 is 17.3 Å². The molecule has 4 rings (SSSR count). The van der Waals surface area contributed by atoms with E-state index in [0.717, 1.165) is 12.1 Å². The summed E-state index contributed by atoms with van der Waals surface area (Å²) in [7, 11) is 0. The summed E-state index contributed by atoms with van der Waals surface area (Å²) in [5.41, 5.74) is 9.26. The minimum absolute atomic E-state index is 0.0132. The molecule has 2 N–H and O–H groups in total. The monoisotopic (exact) mass is 317 g/mol. The summed E-state index contributed by atoms with van der Waals surface area (Å²) in [6.45, 7) is 0.662. The maximum Gasteiger partial charge on any atom is 0.258 e. The van der Waals surface area contributed by atoms with E-state index in [-0.39, 0.29) is 11.9 Å². The minimum atomic E-state index is 0.0132. The highest BCUT2D eigenvalue weighted by atomic mass is 16.2. The number of nitrogens with zero attached hydrogens (tertiary/aromatic N) is 2. The van der Waals surface area contributed by atoms with Crippen molar-refractivity contribution in [1.82, 2.24) is 4.57 Å². The number of benzene rings is 2. The number of amides is 1. The van der Waals surface area contributed by atoms with Gasteiger partial charge in [0.2, 0.25) is 0 Å². The second kappa shape index (κ2) is 5.89. The van der Waals surface area contributed by atoms with Gasteiger partial charge in [0.15, 0.2) is 0 Å². The summed E-state index contributed by atoms with van der Waals surface area (Å²) in [4.78, 5) is 14.9. The van der Waals surface area contributed by atoms with Crippen LogP contribution in [-0.2, 0) is 6.42 Å². The van der Waals surface area contributed by atoms with Gasteiger partial charge in [-0.3, -0.25) is 4.79 Å². The standard InChI is InChI=1S/C20H19N3O/c21-17-9-7-15(8-10-17)20(24)23-14-18(22-11-3-4-12-22)13-16-5-1-2-6-19(16)23/h1-12,18H,13-14,21H2. The van der Waals surface area contributed by atoms with Gasteiger partial charge in [-0.2, -0.15) is 0 Å². The maximum absolute atomic E-state index is 13.1. The zero-order valence-electron chi connectivity index (χ0n) is 13.3. The molecule has 1 aromatic heterocycles. The second-order valence-electron chi connectivity index (χ2n) is 6.15. The second-order valence-corrected chi connectivity index (χ2v) is 6.15. The Morgan fingerprint density at radius 1 is 0.958 bits per heavy atom. The van der Waals surface area contributed by atoms with Crippen LogP contribution in [0.15, 0.2) is 73.1 Å². The summed E-state index contributed by atoms with van der Waals surface area (Å²) in [5, 5.41) is 0. The van der Waals surface area contributed by atoms with Crippen molar-refractivity contribution in [2.75, 3.05) is 17.2 Å². The third kappa shape index (κ3) is 2.56. The van der Waals surface area contributed by atoms with Crippen molar-refractivity contribution in [3.63, 3.8) is 0 Å². The van der Waals surface area contributed by atoms with Gasteiger partial charge >= 0.3 is 0 Å². The number of para-hydroxylation sites is 1. The number of anilines is 2. The summed E-state index contributed by atoms with van der Waals surface area (Å²) in [5.74, 6) is 0.0132. The summed E-state index contributed by atoms with van der Waals surface area (Å²) >= 11 is 0. The fourth-order valence-corrected chi connectivity index (χ4v) is 3.34. The zero-order valence-corrected chi connectivity index (χ0v) is 13.3. The van der Waals surface area contributed by atoms with E-state index in [4.69, 9.17) is 5.73 Å². The largest absolute Gasteiger partial charge is 0.399 e. The molecule has 120 valence electrons. The Hall–Kier alpha value is -3.01. The minimum Gasteiger partial charge on any atom is -0.399 e. The molecule has 1 amide bonds. The van der Waals surface area contributed by atoms with Crippen molar-refractivity contribution in [1.29, 1.82) is 0 Å². The molecule has 24 heavy (non-hydrogen) atoms. The molecule has 0 radical (unpaired) electrons. The molecule has 1 unspecified atom stereocenters. The number of nitrogens with two attached hydrogens (primary N) is 1. The van der Waals surface area contributed by atoms with Crippen LogP contribution in [0.4, 0.5) is 11.4 Å². The predicted molar refractivity (Wildman–Crippen MR) is 96.1 cm³/mol. The van der Waals surface area contributed by atoms with Gasteiger partial charge in [0.05, 0.1) is 6.04 Å². The van der Waals surface area contributed by atoms with Crippen molar-refractivity contribution in [3.8, 4) is 0 Å². The molecule has 0 saturated carbocycles. The lowest BCUT2D eigenvalue weighted by atomic mass is 9.97. The van der Waals surface area contributed by atoms with Crippen LogP contribution >= 0.6 is 0 Å². The van der Waals surface area contributed by atoms with Gasteiger partial charge in [0.25, 0.3) is 5.91 Å². The van der Waals surface area contributed by atoms with Gasteiger partial charge in [-0.1, -0.05) is 18.2 Å². The molecule has 0 bridgehead atoms. The SMILES string of the molecule is Nc1ccc(C(=O)N2CC(n3cccc3)Cc3ccccc32)cc1. The first-order valence-electron chi connectivity index (χ1n) is 8.10. The van der Waals surface area contributed by atoms with Crippen LogP contribution in [0.25, 0.3) is 0 Å². The Morgan fingerprint density at radius 3 is 2.42 bits per heavy atom. The molecule has 1 aliphatic heterocycles. The highest BCUT2D eigenvalue weighted by Gasteiger charge is 2.29. The van der Waals surface area contributed by atoms with Crippen molar-refractivity contribution in [2.24, 2.45) is 0 Å². The average Bonchev–Trinajstić information content (AvgIpc) is 3.15. The molecule has 4 heteroatoms. The number of carbonyl (C=O) groups is 1. The van der Waals surface area contributed by atoms with E-state index < -0.39 is 0 Å². The molecule has 2 heterocycles. The average molecular weight is 317 g/mol. The third-order valence-electron chi connectivity index (χ3n) is 4.58. The Bertz CT molecular complexity index is 853. The Balaban J connectivity index is 1.72. The topological polar surface area (TPSA) is 51.3 Å². The highest BCUT2D eigenvalue weighted by Crippen LogP contribution is 2.33.